The molecule has 1 fully saturated rings. The first-order valence-corrected chi connectivity index (χ1v) is 9.61. The molecular formula is C21H25N3O5. The first-order valence-electron chi connectivity index (χ1n) is 9.61. The van der Waals surface area contributed by atoms with Crippen LogP contribution in [0.25, 0.3) is 17.1 Å². The van der Waals surface area contributed by atoms with E-state index >= 15 is 0 Å². The number of rotatable bonds is 7. The van der Waals surface area contributed by atoms with E-state index in [1.54, 1.807) is 43.3 Å². The molecule has 1 saturated heterocycles. The van der Waals surface area contributed by atoms with Crippen molar-refractivity contribution in [3.05, 3.63) is 47.3 Å². The Labute approximate surface area is 168 Å². The van der Waals surface area contributed by atoms with Crippen molar-refractivity contribution in [2.75, 3.05) is 19.7 Å². The topological polar surface area (TPSA) is 105 Å². The number of likely N-dealkylation sites (tertiary alicyclic amines) is 1. The van der Waals surface area contributed by atoms with Crippen molar-refractivity contribution >= 4 is 29.4 Å². The zero-order valence-electron chi connectivity index (χ0n) is 16.6. The highest BCUT2D eigenvalue weighted by Crippen LogP contribution is 2.24. The average molecular weight is 399 g/mol. The highest BCUT2D eigenvalue weighted by molar-refractivity contribution is 5.91. The lowest BCUT2D eigenvalue weighted by Crippen LogP contribution is -2.39. The molecule has 0 amide bonds. The Morgan fingerprint density at radius 2 is 2.31 bits per heavy atom. The van der Waals surface area contributed by atoms with E-state index < -0.39 is 12.1 Å². The number of carbonyl (C=O) groups excluding carboxylic acids is 2. The quantitative estimate of drug-likeness (QED) is 0.319. The van der Waals surface area contributed by atoms with E-state index in [4.69, 9.17) is 9.47 Å². The molecule has 0 bridgehead atoms. The number of aldehydes is 1. The maximum Gasteiger partial charge on any atom is 0.339 e. The molecule has 8 nitrogen and oxygen atoms in total. The Morgan fingerprint density at radius 1 is 1.48 bits per heavy atom. The van der Waals surface area contributed by atoms with E-state index in [0.29, 0.717) is 31.4 Å². The van der Waals surface area contributed by atoms with E-state index in [9.17, 15) is 14.7 Å². The Hall–Kier alpha value is -3.13. The van der Waals surface area contributed by atoms with Crippen LogP contribution in [0.15, 0.2) is 41.7 Å². The minimum absolute atomic E-state index is 0.0356. The number of hydrogen-bond donors (Lipinski definition) is 2. The monoisotopic (exact) mass is 399 g/mol. The van der Waals surface area contributed by atoms with Crippen LogP contribution in [0, 0.1) is 0 Å². The molecule has 0 aliphatic carbocycles. The number of nitrogens with one attached hydrogen (secondary N) is 1. The number of ether oxygens (including phenoxy) is 2. The number of aliphatic hydroxyl groups excluding tert-OH is 1. The molecular weight excluding hydrogens is 374 g/mol. The van der Waals surface area contributed by atoms with E-state index in [1.807, 2.05) is 6.07 Å². The summed E-state index contributed by atoms with van der Waals surface area (Å²) in [4.78, 5) is 33.1. The fourth-order valence-electron chi connectivity index (χ4n) is 3.29. The van der Waals surface area contributed by atoms with Gasteiger partial charge in [-0.15, -0.1) is 0 Å². The van der Waals surface area contributed by atoms with Crippen LogP contribution in [0.1, 0.15) is 32.3 Å². The first-order chi connectivity index (χ1) is 14.0. The Morgan fingerprint density at radius 3 is 3.03 bits per heavy atom. The number of allylic oxidation sites excluding steroid dienone is 1. The van der Waals surface area contributed by atoms with Gasteiger partial charge in [-0.2, -0.15) is 0 Å². The lowest BCUT2D eigenvalue weighted by atomic mass is 10.1. The van der Waals surface area contributed by atoms with Crippen LogP contribution in [-0.4, -0.2) is 58.0 Å². The van der Waals surface area contributed by atoms with Crippen molar-refractivity contribution in [2.24, 2.45) is 0 Å². The molecule has 0 radical (unpaired) electrons. The Kier molecular flexibility index (Phi) is 6.66. The highest BCUT2D eigenvalue weighted by atomic mass is 16.5. The van der Waals surface area contributed by atoms with Crippen molar-refractivity contribution in [3.8, 4) is 0 Å². The van der Waals surface area contributed by atoms with E-state index in [-0.39, 0.29) is 23.8 Å². The molecule has 2 aromatic rings. The number of β-amino-alcohol motifs (C(OH)–C–C–N with tert-alkyl or cyclic N) is 1. The largest absolute Gasteiger partial charge is 0.462 e. The molecule has 1 atom stereocenters. The predicted octanol–water partition coefficient (Wildman–Crippen LogP) is 2.37. The zero-order chi connectivity index (χ0) is 20.8. The molecule has 0 spiro atoms. The normalized spacial score (nSPS) is 18.4. The van der Waals surface area contributed by atoms with Crippen molar-refractivity contribution in [2.45, 2.75) is 32.8 Å². The van der Waals surface area contributed by atoms with Crippen molar-refractivity contribution in [3.63, 3.8) is 0 Å². The van der Waals surface area contributed by atoms with Gasteiger partial charge in [-0.1, -0.05) is 0 Å². The van der Waals surface area contributed by atoms with Gasteiger partial charge >= 0.3 is 5.97 Å². The van der Waals surface area contributed by atoms with Crippen LogP contribution in [0.3, 0.4) is 0 Å². The summed E-state index contributed by atoms with van der Waals surface area (Å²) in [6, 6.07) is 3.69. The van der Waals surface area contributed by atoms with Gasteiger partial charge in [0.1, 0.15) is 5.65 Å². The molecule has 3 rings (SSSR count). The number of carbonyl (C=O) groups is 2. The number of H-pyrrole nitrogens is 1. The summed E-state index contributed by atoms with van der Waals surface area (Å²) in [6.45, 7) is 4.46. The third-order valence-electron chi connectivity index (χ3n) is 4.70. The van der Waals surface area contributed by atoms with Gasteiger partial charge in [0.25, 0.3) is 0 Å². The summed E-state index contributed by atoms with van der Waals surface area (Å²) in [5.41, 5.74) is 1.68. The fourth-order valence-corrected chi connectivity index (χ4v) is 3.29. The van der Waals surface area contributed by atoms with Crippen molar-refractivity contribution in [1.82, 2.24) is 14.9 Å². The number of aromatic amines is 1. The SMILES string of the molecule is CCOC(=O)/C(C)=C(/O/C(C=O)=C\c1c[nH]c2ncccc12)N1CCCC(O)C1. The minimum Gasteiger partial charge on any atom is -0.462 e. The van der Waals surface area contributed by atoms with Crippen LogP contribution in [0.5, 0.6) is 0 Å². The third-order valence-corrected chi connectivity index (χ3v) is 4.70. The van der Waals surface area contributed by atoms with Crippen molar-refractivity contribution < 1.29 is 24.2 Å². The van der Waals surface area contributed by atoms with Gasteiger partial charge in [0.15, 0.2) is 12.0 Å². The Bertz CT molecular complexity index is 947. The minimum atomic E-state index is -0.527. The molecule has 1 aliphatic heterocycles. The molecule has 154 valence electrons. The highest BCUT2D eigenvalue weighted by Gasteiger charge is 2.26. The number of aliphatic hydroxyl groups is 1. The van der Waals surface area contributed by atoms with E-state index in [1.165, 1.54) is 0 Å². The molecule has 2 N–H and O–H groups in total. The maximum atomic E-state index is 12.3. The molecule has 29 heavy (non-hydrogen) atoms. The first kappa shape index (κ1) is 20.6. The molecule has 1 aliphatic rings. The average Bonchev–Trinajstić information content (AvgIpc) is 3.13. The van der Waals surface area contributed by atoms with Crippen LogP contribution >= 0.6 is 0 Å². The number of esters is 1. The molecule has 3 heterocycles. The van der Waals surface area contributed by atoms with Gasteiger partial charge in [-0.05, 0) is 44.9 Å². The van der Waals surface area contributed by atoms with Gasteiger partial charge in [-0.25, -0.2) is 9.78 Å². The van der Waals surface area contributed by atoms with E-state index in [0.717, 1.165) is 17.4 Å². The number of fused-ring (bicyclic) bond motifs is 1. The number of pyridine rings is 1. The van der Waals surface area contributed by atoms with Crippen LogP contribution < -0.4 is 0 Å². The van der Waals surface area contributed by atoms with Gasteiger partial charge in [0, 0.05) is 36.4 Å². The lowest BCUT2D eigenvalue weighted by Gasteiger charge is -2.33. The smallest absolute Gasteiger partial charge is 0.339 e. The predicted molar refractivity (Wildman–Crippen MR) is 107 cm³/mol. The number of aromatic nitrogens is 2. The summed E-state index contributed by atoms with van der Waals surface area (Å²) < 4.78 is 11.0. The number of nitrogens with zero attached hydrogens (tertiary/aromatic N) is 2. The van der Waals surface area contributed by atoms with E-state index in [2.05, 4.69) is 9.97 Å². The van der Waals surface area contributed by atoms with Crippen LogP contribution in [-0.2, 0) is 19.1 Å². The van der Waals surface area contributed by atoms with Gasteiger partial charge in [0.2, 0.25) is 5.88 Å². The second kappa shape index (κ2) is 9.38. The fraction of sp³-hybridized carbons (Fsp3) is 0.381. The summed E-state index contributed by atoms with van der Waals surface area (Å²) >= 11 is 0. The van der Waals surface area contributed by atoms with Gasteiger partial charge < -0.3 is 24.5 Å². The van der Waals surface area contributed by atoms with Crippen LogP contribution in [0.4, 0.5) is 0 Å². The van der Waals surface area contributed by atoms with Crippen LogP contribution in [0.2, 0.25) is 0 Å². The zero-order valence-corrected chi connectivity index (χ0v) is 16.6. The second-order valence-corrected chi connectivity index (χ2v) is 6.80. The summed E-state index contributed by atoms with van der Waals surface area (Å²) in [5.74, 6) is -0.268. The van der Waals surface area contributed by atoms with Gasteiger partial charge in [-0.3, -0.25) is 4.79 Å². The maximum absolute atomic E-state index is 12.3. The molecule has 0 saturated carbocycles. The molecule has 0 aromatic carbocycles. The number of piperidine rings is 1. The number of hydrogen-bond acceptors (Lipinski definition) is 7. The van der Waals surface area contributed by atoms with Gasteiger partial charge in [0.05, 0.1) is 18.3 Å². The summed E-state index contributed by atoms with van der Waals surface area (Å²) in [7, 11) is 0. The summed E-state index contributed by atoms with van der Waals surface area (Å²) in [5, 5.41) is 10.9. The second-order valence-electron chi connectivity index (χ2n) is 6.80. The standard InChI is InChI=1S/C21H25N3O5/c1-3-28-21(27)14(2)20(24-9-5-6-16(26)12-24)29-17(13-25)10-15-11-23-19-18(15)7-4-8-22-19/h4,7-8,10-11,13,16,26H,3,5-6,9,12H2,1-2H3,(H,22,23)/b17-10-,20-14+. The lowest BCUT2D eigenvalue weighted by molar-refractivity contribution is -0.139. The molecule has 8 heteroatoms. The third kappa shape index (κ3) is 4.83. The molecule has 2 aromatic heterocycles. The molecule has 1 unspecified atom stereocenters. The Balaban J connectivity index is 1.95. The summed E-state index contributed by atoms with van der Waals surface area (Å²) in [6.07, 6.45) is 6.49. The van der Waals surface area contributed by atoms with Crippen molar-refractivity contribution in [1.29, 1.82) is 0 Å².